The molecule has 0 amide bonds. The zero-order chi connectivity index (χ0) is 40.5. The van der Waals surface area contributed by atoms with Gasteiger partial charge in [-0.3, -0.25) is 0 Å². The lowest BCUT2D eigenvalue weighted by molar-refractivity contribution is 1.28. The van der Waals surface area contributed by atoms with E-state index in [1.54, 1.807) is 0 Å². The van der Waals surface area contributed by atoms with Gasteiger partial charge in [0.05, 0.1) is 0 Å². The second-order valence-corrected chi connectivity index (χ2v) is 15.7. The van der Waals surface area contributed by atoms with Crippen molar-refractivity contribution in [3.63, 3.8) is 0 Å². The minimum atomic E-state index is 1.09. The van der Waals surface area contributed by atoms with Crippen LogP contribution in [0.3, 0.4) is 0 Å². The predicted octanol–water partition coefficient (Wildman–Crippen LogP) is 17.0. The molecule has 0 aromatic heterocycles. The van der Waals surface area contributed by atoms with Gasteiger partial charge in [-0.2, -0.15) is 0 Å². The minimum absolute atomic E-state index is 1.09. The maximum absolute atomic E-state index is 2.38. The lowest BCUT2D eigenvalue weighted by Gasteiger charge is -2.27. The van der Waals surface area contributed by atoms with Gasteiger partial charge in [-0.15, -0.1) is 0 Å². The molecule has 0 unspecified atom stereocenters. The lowest BCUT2D eigenvalue weighted by Crippen LogP contribution is -2.10. The van der Waals surface area contributed by atoms with Crippen molar-refractivity contribution in [2.45, 2.75) is 0 Å². The summed E-state index contributed by atoms with van der Waals surface area (Å²) >= 11 is 0. The van der Waals surface area contributed by atoms with Crippen molar-refractivity contribution in [2.24, 2.45) is 0 Å². The van der Waals surface area contributed by atoms with E-state index in [1.807, 2.05) is 0 Å². The van der Waals surface area contributed by atoms with Crippen molar-refractivity contribution >= 4 is 49.4 Å². The standard InChI is InChI=1S/C60H41N/c1-3-15-43(16-4-1)56-38-33-47(40-59(56)45-17-5-2-6-18-45)42-29-34-50(35-30-42)61(52-23-13-22-48(39-52)54-28-14-21-44-19-7-9-24-53(44)54)51-36-31-46(32-37-51)60-41-49-20-8-10-25-55(49)57-26-11-12-27-58(57)60/h1-41H. The Bertz CT molecular complexity index is 3330. The van der Waals surface area contributed by atoms with E-state index in [4.69, 9.17) is 0 Å². The molecule has 0 bridgehead atoms. The molecule has 0 spiro atoms. The number of nitrogens with zero attached hydrogens (tertiary/aromatic N) is 1. The van der Waals surface area contributed by atoms with Gasteiger partial charge in [0.2, 0.25) is 0 Å². The van der Waals surface area contributed by atoms with E-state index in [-0.39, 0.29) is 0 Å². The summed E-state index contributed by atoms with van der Waals surface area (Å²) in [4.78, 5) is 2.38. The van der Waals surface area contributed by atoms with Crippen LogP contribution in [0.15, 0.2) is 249 Å². The van der Waals surface area contributed by atoms with Crippen LogP contribution in [0.25, 0.3) is 88.0 Å². The first kappa shape index (κ1) is 36.1. The normalized spacial score (nSPS) is 11.3. The third-order valence-corrected chi connectivity index (χ3v) is 12.1. The Morgan fingerprint density at radius 3 is 1.43 bits per heavy atom. The highest BCUT2D eigenvalue weighted by molar-refractivity contribution is 6.13. The summed E-state index contributed by atoms with van der Waals surface area (Å²) < 4.78 is 0. The van der Waals surface area contributed by atoms with Gasteiger partial charge in [0.1, 0.15) is 0 Å². The number of hydrogen-bond acceptors (Lipinski definition) is 1. The van der Waals surface area contributed by atoms with E-state index in [1.165, 1.54) is 88.0 Å². The molecule has 0 radical (unpaired) electrons. The fourth-order valence-electron chi connectivity index (χ4n) is 9.07. The topological polar surface area (TPSA) is 3.24 Å². The Morgan fingerprint density at radius 2 is 0.705 bits per heavy atom. The van der Waals surface area contributed by atoms with Crippen LogP contribution in [0, 0.1) is 0 Å². The van der Waals surface area contributed by atoms with Crippen LogP contribution in [0.1, 0.15) is 0 Å². The summed E-state index contributed by atoms with van der Waals surface area (Å²) in [5.74, 6) is 0. The summed E-state index contributed by atoms with van der Waals surface area (Å²) in [5, 5.41) is 7.55. The molecule has 0 N–H and O–H groups in total. The molecule has 0 saturated carbocycles. The van der Waals surface area contributed by atoms with Crippen LogP contribution < -0.4 is 4.90 Å². The summed E-state index contributed by atoms with van der Waals surface area (Å²) in [6.45, 7) is 0. The highest BCUT2D eigenvalue weighted by Gasteiger charge is 2.17. The Hall–Kier alpha value is -8.00. The van der Waals surface area contributed by atoms with E-state index in [2.05, 4.69) is 254 Å². The predicted molar refractivity (Wildman–Crippen MR) is 261 cm³/mol. The number of anilines is 3. The quantitative estimate of drug-likeness (QED) is 0.139. The second kappa shape index (κ2) is 15.6. The maximum Gasteiger partial charge on any atom is 0.0467 e. The number of hydrogen-bond donors (Lipinski definition) is 0. The molecule has 0 aliphatic carbocycles. The van der Waals surface area contributed by atoms with Gasteiger partial charge in [0.15, 0.2) is 0 Å². The molecule has 61 heavy (non-hydrogen) atoms. The Balaban J connectivity index is 1.02. The first-order chi connectivity index (χ1) is 30.2. The van der Waals surface area contributed by atoms with Gasteiger partial charge in [-0.05, 0) is 136 Å². The van der Waals surface area contributed by atoms with Crippen LogP contribution in [-0.2, 0) is 0 Å². The maximum atomic E-state index is 2.38. The molecule has 11 rings (SSSR count). The molecule has 0 fully saturated rings. The van der Waals surface area contributed by atoms with Gasteiger partial charge in [0, 0.05) is 17.1 Å². The van der Waals surface area contributed by atoms with Crippen LogP contribution >= 0.6 is 0 Å². The second-order valence-electron chi connectivity index (χ2n) is 15.7. The molecule has 11 aromatic carbocycles. The van der Waals surface area contributed by atoms with Gasteiger partial charge in [0.25, 0.3) is 0 Å². The molecular formula is C60H41N. The van der Waals surface area contributed by atoms with E-state index in [0.29, 0.717) is 0 Å². The summed E-state index contributed by atoms with van der Waals surface area (Å²) in [6, 6.07) is 90.4. The van der Waals surface area contributed by atoms with Gasteiger partial charge < -0.3 is 4.90 Å². The molecule has 1 nitrogen and oxygen atoms in total. The van der Waals surface area contributed by atoms with Crippen LogP contribution in [0.5, 0.6) is 0 Å². The third kappa shape index (κ3) is 6.83. The average Bonchev–Trinajstić information content (AvgIpc) is 3.34. The number of benzene rings is 11. The first-order valence-electron chi connectivity index (χ1n) is 21.0. The number of rotatable bonds is 8. The summed E-state index contributed by atoms with van der Waals surface area (Å²) in [7, 11) is 0. The van der Waals surface area contributed by atoms with Crippen molar-refractivity contribution in [1.29, 1.82) is 0 Å². The van der Waals surface area contributed by atoms with Crippen LogP contribution in [0.4, 0.5) is 17.1 Å². The Kier molecular flexibility index (Phi) is 9.26. The van der Waals surface area contributed by atoms with E-state index in [0.717, 1.165) is 17.1 Å². The largest absolute Gasteiger partial charge is 0.310 e. The van der Waals surface area contributed by atoms with Gasteiger partial charge in [-0.25, -0.2) is 0 Å². The molecule has 0 heterocycles. The van der Waals surface area contributed by atoms with Crippen molar-refractivity contribution < 1.29 is 0 Å². The molecule has 0 saturated heterocycles. The van der Waals surface area contributed by atoms with E-state index in [9.17, 15) is 0 Å². The Labute approximate surface area is 357 Å². The van der Waals surface area contributed by atoms with Crippen molar-refractivity contribution in [2.75, 3.05) is 4.90 Å². The SMILES string of the molecule is c1ccc(-c2ccc(-c3ccc(N(c4ccc(-c5cc6ccccc6c6ccccc56)cc4)c4cccc(-c5cccc6ccccc56)c4)cc3)cc2-c2ccccc2)cc1. The van der Waals surface area contributed by atoms with Crippen LogP contribution in [0.2, 0.25) is 0 Å². The molecule has 0 atom stereocenters. The summed E-state index contributed by atoms with van der Waals surface area (Å²) in [6.07, 6.45) is 0. The summed E-state index contributed by atoms with van der Waals surface area (Å²) in [5.41, 5.74) is 15.3. The molecular weight excluding hydrogens is 735 g/mol. The fraction of sp³-hybridized carbons (Fsp3) is 0. The lowest BCUT2D eigenvalue weighted by atomic mass is 9.91. The van der Waals surface area contributed by atoms with Crippen LogP contribution in [-0.4, -0.2) is 0 Å². The molecule has 1 heteroatoms. The fourth-order valence-corrected chi connectivity index (χ4v) is 9.07. The Morgan fingerprint density at radius 1 is 0.197 bits per heavy atom. The smallest absolute Gasteiger partial charge is 0.0467 e. The first-order valence-corrected chi connectivity index (χ1v) is 21.0. The highest BCUT2D eigenvalue weighted by Crippen LogP contribution is 2.42. The third-order valence-electron chi connectivity index (χ3n) is 12.1. The number of fused-ring (bicyclic) bond motifs is 4. The van der Waals surface area contributed by atoms with Gasteiger partial charge in [-0.1, -0.05) is 200 Å². The zero-order valence-corrected chi connectivity index (χ0v) is 33.6. The van der Waals surface area contributed by atoms with E-state index >= 15 is 0 Å². The highest BCUT2D eigenvalue weighted by atomic mass is 15.1. The van der Waals surface area contributed by atoms with Crippen molar-refractivity contribution in [1.82, 2.24) is 0 Å². The average molecular weight is 776 g/mol. The minimum Gasteiger partial charge on any atom is -0.310 e. The molecule has 0 aliphatic heterocycles. The monoisotopic (exact) mass is 775 g/mol. The molecule has 286 valence electrons. The molecule has 0 aliphatic rings. The zero-order valence-electron chi connectivity index (χ0n) is 33.6. The van der Waals surface area contributed by atoms with Crippen molar-refractivity contribution in [3.05, 3.63) is 249 Å². The van der Waals surface area contributed by atoms with Crippen molar-refractivity contribution in [3.8, 4) is 55.6 Å². The van der Waals surface area contributed by atoms with Gasteiger partial charge >= 0.3 is 0 Å². The van der Waals surface area contributed by atoms with E-state index < -0.39 is 0 Å². The molecule has 11 aromatic rings.